The molecule has 1 aromatic carbocycles. The Morgan fingerprint density at radius 3 is 2.38 bits per heavy atom. The SMILES string of the molecule is C=C(/C=C\C=C(/C)C(=N)N1CCCC1=N)NC(=O)c1cc2c(cc1F)CCN(C(=O)N1CCCCC1)C2.CC. The van der Waals surface area contributed by atoms with Crippen LogP contribution >= 0.6 is 0 Å². The van der Waals surface area contributed by atoms with Gasteiger partial charge < -0.3 is 20.0 Å². The van der Waals surface area contributed by atoms with Crippen LogP contribution in [0, 0.1) is 16.6 Å². The number of halogens is 1. The fraction of sp³-hybridized carbons (Fsp3) is 0.467. The van der Waals surface area contributed by atoms with Crippen molar-refractivity contribution >= 4 is 23.6 Å². The number of benzene rings is 1. The summed E-state index contributed by atoms with van der Waals surface area (Å²) in [7, 11) is 0. The molecule has 0 aromatic heterocycles. The summed E-state index contributed by atoms with van der Waals surface area (Å²) in [5.41, 5.74) is 2.50. The number of likely N-dealkylation sites (tertiary alicyclic amines) is 2. The van der Waals surface area contributed by atoms with Gasteiger partial charge >= 0.3 is 6.03 Å². The first-order valence-corrected chi connectivity index (χ1v) is 13.9. The third-order valence-electron chi connectivity index (χ3n) is 7.13. The van der Waals surface area contributed by atoms with Crippen molar-refractivity contribution in [1.82, 2.24) is 20.0 Å². The monoisotopic (exact) mass is 536 g/mol. The molecular formula is C30H41FN6O2. The number of allylic oxidation sites excluding steroid dienone is 3. The van der Waals surface area contributed by atoms with Crippen molar-refractivity contribution in [3.63, 3.8) is 0 Å². The smallest absolute Gasteiger partial charge is 0.320 e. The van der Waals surface area contributed by atoms with Gasteiger partial charge in [-0.3, -0.25) is 15.6 Å². The van der Waals surface area contributed by atoms with Crippen molar-refractivity contribution in [3.8, 4) is 0 Å². The van der Waals surface area contributed by atoms with E-state index in [1.165, 1.54) is 6.07 Å². The maximum absolute atomic E-state index is 14.8. The molecule has 4 rings (SSSR count). The van der Waals surface area contributed by atoms with E-state index in [0.29, 0.717) is 43.9 Å². The molecule has 2 saturated heterocycles. The predicted octanol–water partition coefficient (Wildman–Crippen LogP) is 5.61. The number of carbonyl (C=O) groups excluding carboxylic acids is 2. The number of rotatable bonds is 5. The van der Waals surface area contributed by atoms with E-state index in [1.807, 2.05) is 18.7 Å². The van der Waals surface area contributed by atoms with E-state index in [4.69, 9.17) is 10.8 Å². The van der Waals surface area contributed by atoms with Gasteiger partial charge in [0.25, 0.3) is 5.91 Å². The molecule has 8 nitrogen and oxygen atoms in total. The van der Waals surface area contributed by atoms with Crippen molar-refractivity contribution in [2.24, 2.45) is 0 Å². The van der Waals surface area contributed by atoms with Gasteiger partial charge in [0, 0.05) is 44.8 Å². The van der Waals surface area contributed by atoms with Crippen LogP contribution in [0.4, 0.5) is 9.18 Å². The molecule has 3 heterocycles. The lowest BCUT2D eigenvalue weighted by atomic mass is 9.96. The third-order valence-corrected chi connectivity index (χ3v) is 7.13. The zero-order chi connectivity index (χ0) is 28.5. The summed E-state index contributed by atoms with van der Waals surface area (Å²) in [5.74, 6) is -0.468. The molecule has 0 atom stereocenters. The lowest BCUT2D eigenvalue weighted by Gasteiger charge is -2.35. The fourth-order valence-corrected chi connectivity index (χ4v) is 4.98. The molecule has 0 spiro atoms. The Morgan fingerprint density at radius 1 is 1.00 bits per heavy atom. The molecule has 3 aliphatic heterocycles. The number of nitrogens with zero attached hydrogens (tertiary/aromatic N) is 3. The van der Waals surface area contributed by atoms with Gasteiger partial charge in [-0.25, -0.2) is 9.18 Å². The van der Waals surface area contributed by atoms with E-state index in [-0.39, 0.29) is 23.1 Å². The van der Waals surface area contributed by atoms with Crippen LogP contribution in [0.2, 0.25) is 0 Å². The van der Waals surface area contributed by atoms with E-state index in [1.54, 1.807) is 41.0 Å². The van der Waals surface area contributed by atoms with Gasteiger partial charge in [0.2, 0.25) is 0 Å². The van der Waals surface area contributed by atoms with Crippen LogP contribution < -0.4 is 5.32 Å². The second-order valence-electron chi connectivity index (χ2n) is 9.84. The fourth-order valence-electron chi connectivity index (χ4n) is 4.98. The Kier molecular flexibility index (Phi) is 10.6. The zero-order valence-electron chi connectivity index (χ0n) is 23.4. The van der Waals surface area contributed by atoms with Gasteiger partial charge in [0.15, 0.2) is 0 Å². The van der Waals surface area contributed by atoms with E-state index < -0.39 is 11.7 Å². The third kappa shape index (κ3) is 7.43. The minimum Gasteiger partial charge on any atom is -0.325 e. The first-order valence-electron chi connectivity index (χ1n) is 13.9. The van der Waals surface area contributed by atoms with Crippen LogP contribution in [0.25, 0.3) is 0 Å². The molecule has 39 heavy (non-hydrogen) atoms. The molecule has 3 amide bonds. The zero-order valence-corrected chi connectivity index (χ0v) is 23.4. The van der Waals surface area contributed by atoms with Crippen LogP contribution in [0.15, 0.2) is 48.2 Å². The van der Waals surface area contributed by atoms with Crippen LogP contribution in [0.3, 0.4) is 0 Å². The van der Waals surface area contributed by atoms with E-state index in [0.717, 1.165) is 49.9 Å². The van der Waals surface area contributed by atoms with Crippen molar-refractivity contribution < 1.29 is 14.0 Å². The molecule has 0 radical (unpaired) electrons. The van der Waals surface area contributed by atoms with Crippen LogP contribution in [0.1, 0.15) is 74.4 Å². The molecule has 3 aliphatic rings. The van der Waals surface area contributed by atoms with Gasteiger partial charge in [-0.15, -0.1) is 0 Å². The van der Waals surface area contributed by atoms with Crippen molar-refractivity contribution in [3.05, 3.63) is 70.7 Å². The Labute approximate surface area is 231 Å². The molecule has 1 aromatic rings. The standard InChI is InChI=1S/C28H35FN6O2.C2H6/c1-19(26(31)35-14-7-10-25(35)30)8-6-9-20(2)32-27(36)23-16-22-18-34(15-11-21(22)17-24(23)29)28(37)33-12-4-3-5-13-33;1-2/h6,8-9,16-17,30-31H,2-5,7,10-15,18H2,1H3,(H,32,36);1-2H3/b9-6-,19-8+,30-25?,31-26?;. The molecule has 0 saturated carbocycles. The number of urea groups is 1. The van der Waals surface area contributed by atoms with Crippen molar-refractivity contribution in [1.29, 1.82) is 10.8 Å². The Bertz CT molecular complexity index is 1180. The number of amides is 3. The number of carbonyl (C=O) groups is 2. The van der Waals surface area contributed by atoms with Gasteiger partial charge in [-0.1, -0.05) is 32.6 Å². The summed E-state index contributed by atoms with van der Waals surface area (Å²) in [6.45, 7) is 12.7. The molecule has 0 aliphatic carbocycles. The van der Waals surface area contributed by atoms with E-state index >= 15 is 0 Å². The van der Waals surface area contributed by atoms with Gasteiger partial charge in [0.05, 0.1) is 5.56 Å². The Morgan fingerprint density at radius 2 is 1.72 bits per heavy atom. The second kappa shape index (κ2) is 13.9. The highest BCUT2D eigenvalue weighted by atomic mass is 19.1. The lowest BCUT2D eigenvalue weighted by molar-refractivity contribution is 0.0963. The van der Waals surface area contributed by atoms with Gasteiger partial charge in [-0.2, -0.15) is 0 Å². The molecule has 2 fully saturated rings. The summed E-state index contributed by atoms with van der Waals surface area (Å²) in [4.78, 5) is 31.1. The molecular weight excluding hydrogens is 495 g/mol. The van der Waals surface area contributed by atoms with Crippen LogP contribution in [0.5, 0.6) is 0 Å². The lowest BCUT2D eigenvalue weighted by Crippen LogP contribution is -2.47. The maximum atomic E-state index is 14.8. The quantitative estimate of drug-likeness (QED) is 0.259. The minimum atomic E-state index is -0.603. The van der Waals surface area contributed by atoms with Crippen molar-refractivity contribution in [2.75, 3.05) is 26.2 Å². The second-order valence-corrected chi connectivity index (χ2v) is 9.84. The number of fused-ring (bicyclic) bond motifs is 1. The highest BCUT2D eigenvalue weighted by Gasteiger charge is 2.27. The van der Waals surface area contributed by atoms with Gasteiger partial charge in [-0.05, 0) is 73.9 Å². The average Bonchev–Trinajstić information content (AvgIpc) is 3.38. The van der Waals surface area contributed by atoms with Crippen LogP contribution in [-0.4, -0.2) is 64.5 Å². The molecule has 3 N–H and O–H groups in total. The Hall–Kier alpha value is -3.75. The summed E-state index contributed by atoms with van der Waals surface area (Å²) in [6.07, 6.45) is 10.3. The highest BCUT2D eigenvalue weighted by Crippen LogP contribution is 2.25. The summed E-state index contributed by atoms with van der Waals surface area (Å²) < 4.78 is 14.8. The summed E-state index contributed by atoms with van der Waals surface area (Å²) >= 11 is 0. The largest absolute Gasteiger partial charge is 0.325 e. The maximum Gasteiger partial charge on any atom is 0.320 e. The van der Waals surface area contributed by atoms with E-state index in [9.17, 15) is 14.0 Å². The molecule has 0 bridgehead atoms. The predicted molar refractivity (Wildman–Crippen MR) is 154 cm³/mol. The molecule has 9 heteroatoms. The summed E-state index contributed by atoms with van der Waals surface area (Å²) in [5, 5.41) is 18.8. The van der Waals surface area contributed by atoms with E-state index in [2.05, 4.69) is 11.9 Å². The van der Waals surface area contributed by atoms with Crippen LogP contribution in [-0.2, 0) is 13.0 Å². The first kappa shape index (κ1) is 29.8. The topological polar surface area (TPSA) is 104 Å². The Balaban J connectivity index is 0.00000205. The average molecular weight is 537 g/mol. The normalized spacial score (nSPS) is 17.5. The number of nitrogens with one attached hydrogen (secondary N) is 3. The number of amidine groups is 2. The number of piperidine rings is 1. The van der Waals surface area contributed by atoms with Gasteiger partial charge in [0.1, 0.15) is 17.5 Å². The number of hydrogen-bond acceptors (Lipinski definition) is 4. The van der Waals surface area contributed by atoms with Crippen molar-refractivity contribution in [2.45, 2.75) is 65.8 Å². The molecule has 210 valence electrons. The highest BCUT2D eigenvalue weighted by molar-refractivity contribution is 6.07. The molecule has 0 unspecified atom stereocenters. The number of hydrogen-bond donors (Lipinski definition) is 3. The summed E-state index contributed by atoms with van der Waals surface area (Å²) in [6, 6.07) is 2.96. The first-order chi connectivity index (χ1) is 18.7. The minimum absolute atomic E-state index is 0.0113.